The minimum absolute atomic E-state index is 0.0972. The van der Waals surface area contributed by atoms with Gasteiger partial charge in [0, 0.05) is 24.6 Å². The molecule has 0 saturated carbocycles. The van der Waals surface area contributed by atoms with Gasteiger partial charge in [0.2, 0.25) is 11.9 Å². The van der Waals surface area contributed by atoms with E-state index >= 15 is 0 Å². The number of hydrogen-bond acceptors (Lipinski definition) is 4. The summed E-state index contributed by atoms with van der Waals surface area (Å²) in [4.78, 5) is 15.1. The highest BCUT2D eigenvalue weighted by molar-refractivity contribution is 5.81. The summed E-state index contributed by atoms with van der Waals surface area (Å²) in [7, 11) is 1.38. The van der Waals surface area contributed by atoms with E-state index in [1.54, 1.807) is 11.5 Å². The number of benzene rings is 1. The van der Waals surface area contributed by atoms with E-state index in [2.05, 4.69) is 4.98 Å². The van der Waals surface area contributed by atoms with Gasteiger partial charge in [-0.2, -0.15) is 0 Å². The van der Waals surface area contributed by atoms with Gasteiger partial charge in [0.15, 0.2) is 11.6 Å². The first-order valence-electron chi connectivity index (χ1n) is 5.73. The largest absolute Gasteiger partial charge is 0.494 e. The molecule has 4 N–H and O–H groups in total. The molecule has 1 aromatic carbocycles. The number of anilines is 1. The summed E-state index contributed by atoms with van der Waals surface area (Å²) < 4.78 is 20.2. The average Bonchev–Trinajstić information content (AvgIpc) is 2.61. The molecule has 1 unspecified atom stereocenters. The molecule has 1 aromatic heterocycles. The first-order chi connectivity index (χ1) is 8.93. The first kappa shape index (κ1) is 13.1. The van der Waals surface area contributed by atoms with Gasteiger partial charge in [-0.15, -0.1) is 0 Å². The van der Waals surface area contributed by atoms with Gasteiger partial charge in [-0.05, 0) is 6.92 Å². The van der Waals surface area contributed by atoms with Crippen molar-refractivity contribution >= 4 is 22.9 Å². The molecule has 0 fully saturated rings. The lowest BCUT2D eigenvalue weighted by Gasteiger charge is -2.14. The van der Waals surface area contributed by atoms with E-state index in [0.717, 1.165) is 0 Å². The van der Waals surface area contributed by atoms with Crippen LogP contribution < -0.4 is 16.2 Å². The van der Waals surface area contributed by atoms with Gasteiger partial charge in [0.25, 0.3) is 0 Å². The molecule has 19 heavy (non-hydrogen) atoms. The van der Waals surface area contributed by atoms with Gasteiger partial charge in [-0.3, -0.25) is 4.79 Å². The molecule has 1 atom stereocenters. The third-order valence-electron chi connectivity index (χ3n) is 2.93. The fourth-order valence-electron chi connectivity index (χ4n) is 2.12. The number of imidazole rings is 1. The van der Waals surface area contributed by atoms with Gasteiger partial charge in [0.1, 0.15) is 0 Å². The second-order valence-electron chi connectivity index (χ2n) is 4.33. The number of fused-ring (bicyclic) bond motifs is 1. The standard InChI is InChI=1S/C12H15FN4O2/c1-6(3-11(14)18)17-9-5-10(19-2)7(13)4-8(9)16-12(17)15/h4-6H,3H2,1-2H3,(H2,14,18)(H2,15,16). The monoisotopic (exact) mass is 266 g/mol. The summed E-state index contributed by atoms with van der Waals surface area (Å²) in [5.74, 6) is -0.652. The number of amides is 1. The fourth-order valence-corrected chi connectivity index (χ4v) is 2.12. The second-order valence-corrected chi connectivity index (χ2v) is 4.33. The molecule has 102 valence electrons. The Kier molecular flexibility index (Phi) is 3.28. The lowest BCUT2D eigenvalue weighted by Crippen LogP contribution is -2.18. The second kappa shape index (κ2) is 4.75. The number of halogens is 1. The van der Waals surface area contributed by atoms with Crippen molar-refractivity contribution in [2.45, 2.75) is 19.4 Å². The zero-order valence-electron chi connectivity index (χ0n) is 10.7. The molecule has 0 saturated heterocycles. The van der Waals surface area contributed by atoms with Crippen LogP contribution in [0.2, 0.25) is 0 Å². The fraction of sp³-hybridized carbons (Fsp3) is 0.333. The highest BCUT2D eigenvalue weighted by atomic mass is 19.1. The Morgan fingerprint density at radius 2 is 2.26 bits per heavy atom. The van der Waals surface area contributed by atoms with Crippen LogP contribution in [0, 0.1) is 5.82 Å². The van der Waals surface area contributed by atoms with Crippen LogP contribution in [0.1, 0.15) is 19.4 Å². The van der Waals surface area contributed by atoms with Crippen molar-refractivity contribution in [2.75, 3.05) is 12.8 Å². The number of hydrogen-bond donors (Lipinski definition) is 2. The van der Waals surface area contributed by atoms with E-state index < -0.39 is 11.7 Å². The molecular formula is C12H15FN4O2. The maximum Gasteiger partial charge on any atom is 0.219 e. The van der Waals surface area contributed by atoms with E-state index in [-0.39, 0.29) is 24.2 Å². The molecule has 0 radical (unpaired) electrons. The van der Waals surface area contributed by atoms with E-state index in [4.69, 9.17) is 16.2 Å². The lowest BCUT2D eigenvalue weighted by molar-refractivity contribution is -0.118. The smallest absolute Gasteiger partial charge is 0.219 e. The SMILES string of the molecule is COc1cc2c(cc1F)nc(N)n2C(C)CC(N)=O. The quantitative estimate of drug-likeness (QED) is 0.869. The van der Waals surface area contributed by atoms with Gasteiger partial charge in [0.05, 0.1) is 18.1 Å². The average molecular weight is 266 g/mol. The van der Waals surface area contributed by atoms with Gasteiger partial charge in [-0.1, -0.05) is 0 Å². The van der Waals surface area contributed by atoms with Crippen LogP contribution in [0.4, 0.5) is 10.3 Å². The van der Waals surface area contributed by atoms with Crippen LogP contribution in [0.25, 0.3) is 11.0 Å². The molecule has 0 aliphatic heterocycles. The zero-order valence-corrected chi connectivity index (χ0v) is 10.7. The van der Waals surface area contributed by atoms with Crippen molar-refractivity contribution in [3.63, 3.8) is 0 Å². The molecule has 0 bridgehead atoms. The molecule has 0 spiro atoms. The Hall–Kier alpha value is -2.31. The van der Waals surface area contributed by atoms with E-state index in [0.29, 0.717) is 11.0 Å². The highest BCUT2D eigenvalue weighted by Crippen LogP contribution is 2.29. The molecular weight excluding hydrogens is 251 g/mol. The number of aromatic nitrogens is 2. The zero-order chi connectivity index (χ0) is 14.2. The number of nitrogen functional groups attached to an aromatic ring is 1. The van der Waals surface area contributed by atoms with Crippen molar-refractivity contribution in [2.24, 2.45) is 5.73 Å². The minimum atomic E-state index is -0.512. The molecule has 1 heterocycles. The summed E-state index contributed by atoms with van der Waals surface area (Å²) in [5.41, 5.74) is 12.0. The lowest BCUT2D eigenvalue weighted by atomic mass is 10.2. The Bertz CT molecular complexity index is 638. The van der Waals surface area contributed by atoms with Crippen LogP contribution in [0.5, 0.6) is 5.75 Å². The molecule has 1 amide bonds. The normalized spacial score (nSPS) is 12.6. The van der Waals surface area contributed by atoms with E-state index in [9.17, 15) is 9.18 Å². The van der Waals surface area contributed by atoms with Gasteiger partial charge < -0.3 is 20.8 Å². The van der Waals surface area contributed by atoms with E-state index in [1.807, 2.05) is 0 Å². The predicted octanol–water partition coefficient (Wildman–Crippen LogP) is 1.20. The summed E-state index contributed by atoms with van der Waals surface area (Å²) in [6, 6.07) is 2.49. The van der Waals surface area contributed by atoms with Crippen LogP contribution >= 0.6 is 0 Å². The van der Waals surface area contributed by atoms with Crippen molar-refractivity contribution in [1.29, 1.82) is 0 Å². The van der Waals surface area contributed by atoms with Crippen molar-refractivity contribution in [3.05, 3.63) is 17.9 Å². The van der Waals surface area contributed by atoms with Crippen LogP contribution in [-0.2, 0) is 4.79 Å². The van der Waals surface area contributed by atoms with Crippen LogP contribution in [0.3, 0.4) is 0 Å². The maximum atomic E-state index is 13.6. The minimum Gasteiger partial charge on any atom is -0.494 e. The van der Waals surface area contributed by atoms with E-state index in [1.165, 1.54) is 19.2 Å². The molecule has 0 aliphatic rings. The summed E-state index contributed by atoms with van der Waals surface area (Å²) in [6.45, 7) is 1.79. The third-order valence-corrected chi connectivity index (χ3v) is 2.93. The Morgan fingerprint density at radius 3 is 2.84 bits per heavy atom. The summed E-state index contributed by atoms with van der Waals surface area (Å²) >= 11 is 0. The Labute approximate surface area is 109 Å². The summed E-state index contributed by atoms with van der Waals surface area (Å²) in [5, 5.41) is 0. The number of primary amides is 1. The number of carbonyl (C=O) groups excluding carboxylic acids is 1. The van der Waals surface area contributed by atoms with Crippen LogP contribution in [0.15, 0.2) is 12.1 Å². The number of rotatable bonds is 4. The Balaban J connectivity index is 2.59. The number of methoxy groups -OCH3 is 1. The molecule has 7 heteroatoms. The maximum absolute atomic E-state index is 13.6. The van der Waals surface area contributed by atoms with Crippen molar-refractivity contribution in [1.82, 2.24) is 9.55 Å². The molecule has 6 nitrogen and oxygen atoms in total. The number of ether oxygens (including phenoxy) is 1. The number of nitrogens with zero attached hydrogens (tertiary/aromatic N) is 2. The molecule has 2 aromatic rings. The van der Waals surface area contributed by atoms with Crippen molar-refractivity contribution < 1.29 is 13.9 Å². The van der Waals surface area contributed by atoms with Gasteiger partial charge in [-0.25, -0.2) is 9.37 Å². The highest BCUT2D eigenvalue weighted by Gasteiger charge is 2.18. The predicted molar refractivity (Wildman–Crippen MR) is 69.2 cm³/mol. The van der Waals surface area contributed by atoms with Gasteiger partial charge >= 0.3 is 0 Å². The molecule has 0 aliphatic carbocycles. The number of carbonyl (C=O) groups is 1. The Morgan fingerprint density at radius 1 is 1.58 bits per heavy atom. The van der Waals surface area contributed by atoms with Crippen molar-refractivity contribution in [3.8, 4) is 5.75 Å². The molecule has 2 rings (SSSR count). The first-order valence-corrected chi connectivity index (χ1v) is 5.73. The third kappa shape index (κ3) is 2.31. The summed E-state index contributed by atoms with van der Waals surface area (Å²) in [6.07, 6.45) is 0.120. The van der Waals surface area contributed by atoms with Crippen LogP contribution in [-0.4, -0.2) is 22.6 Å². The number of nitrogens with two attached hydrogens (primary N) is 2. The topological polar surface area (TPSA) is 96.2 Å².